The van der Waals surface area contributed by atoms with E-state index in [0.29, 0.717) is 5.88 Å². The third-order valence-electron chi connectivity index (χ3n) is 11.6. The van der Waals surface area contributed by atoms with Crippen molar-refractivity contribution in [3.8, 4) is 45.4 Å². The van der Waals surface area contributed by atoms with Crippen LogP contribution in [0.4, 0.5) is 0 Å². The Kier molecular flexibility index (Phi) is 5.65. The lowest BCUT2D eigenvalue weighted by atomic mass is 9.34. The van der Waals surface area contributed by atoms with Crippen LogP contribution in [0.2, 0.25) is 0 Å². The smallest absolute Gasteiger partial charge is 0.262 e. The fourth-order valence-corrected chi connectivity index (χ4v) is 10.4. The Hall–Kier alpha value is -4.31. The molecule has 0 bridgehead atoms. The van der Waals surface area contributed by atoms with Crippen LogP contribution < -0.4 is 25.9 Å². The number of hydrogen-bond acceptors (Lipinski definition) is 3. The Bertz CT molecular complexity index is 1990. The van der Waals surface area contributed by atoms with E-state index in [9.17, 15) is 0 Å². The van der Waals surface area contributed by atoms with Gasteiger partial charge in [-0.25, -0.2) is 4.98 Å². The van der Waals surface area contributed by atoms with Crippen molar-refractivity contribution >= 4 is 23.1 Å². The average Bonchev–Trinajstić information content (AvgIpc) is 3.33. The largest absolute Gasteiger partial charge is 0.458 e. The first-order valence-electron chi connectivity index (χ1n) is 17.2. The van der Waals surface area contributed by atoms with Crippen molar-refractivity contribution in [1.82, 2.24) is 4.98 Å². The summed E-state index contributed by atoms with van der Waals surface area (Å²) in [7, 11) is 0. The maximum atomic E-state index is 7.07. The third-order valence-corrected chi connectivity index (χ3v) is 11.6. The van der Waals surface area contributed by atoms with Crippen molar-refractivity contribution < 1.29 is 9.47 Å². The zero-order valence-corrected chi connectivity index (χ0v) is 28.8. The summed E-state index contributed by atoms with van der Waals surface area (Å²) in [5.41, 5.74) is 14.0. The summed E-state index contributed by atoms with van der Waals surface area (Å²) in [5.74, 6) is 3.41. The van der Waals surface area contributed by atoms with Crippen LogP contribution >= 0.6 is 0 Å². The molecule has 0 saturated heterocycles. The lowest BCUT2D eigenvalue weighted by Crippen LogP contribution is -2.58. The molecule has 4 heteroatoms. The number of benzene rings is 4. The molecule has 3 nitrogen and oxygen atoms in total. The average molecular weight is 616 g/mol. The molecule has 3 heterocycles. The minimum Gasteiger partial charge on any atom is -0.458 e. The Balaban J connectivity index is 1.43. The third kappa shape index (κ3) is 3.91. The maximum Gasteiger partial charge on any atom is 0.262 e. The van der Waals surface area contributed by atoms with Crippen LogP contribution in [0.3, 0.4) is 0 Å². The number of hydrogen-bond donors (Lipinski definition) is 0. The zero-order valence-electron chi connectivity index (χ0n) is 28.8. The molecular formula is C43H42BNO2. The van der Waals surface area contributed by atoms with Gasteiger partial charge in [-0.05, 0) is 84.9 Å². The molecule has 0 N–H and O–H groups in total. The molecule has 0 fully saturated rings. The van der Waals surface area contributed by atoms with Crippen LogP contribution in [0.25, 0.3) is 22.3 Å². The van der Waals surface area contributed by atoms with Crippen molar-refractivity contribution in [1.29, 1.82) is 0 Å². The normalized spacial score (nSPS) is 19.4. The van der Waals surface area contributed by atoms with Gasteiger partial charge in [0.2, 0.25) is 5.88 Å². The fourth-order valence-electron chi connectivity index (χ4n) is 10.4. The van der Waals surface area contributed by atoms with Gasteiger partial charge in [-0.15, -0.1) is 0 Å². The van der Waals surface area contributed by atoms with Gasteiger partial charge in [0, 0.05) is 22.8 Å². The summed E-state index contributed by atoms with van der Waals surface area (Å²) < 4.78 is 14.1. The van der Waals surface area contributed by atoms with E-state index in [4.69, 9.17) is 14.5 Å². The molecule has 2 aliphatic heterocycles. The Labute approximate surface area is 279 Å². The summed E-state index contributed by atoms with van der Waals surface area (Å²) in [4.78, 5) is 4.88. The van der Waals surface area contributed by atoms with Gasteiger partial charge in [-0.1, -0.05) is 128 Å². The summed E-state index contributed by atoms with van der Waals surface area (Å²) in [5, 5.41) is 0. The first kappa shape index (κ1) is 28.9. The minimum absolute atomic E-state index is 0.00340. The Morgan fingerprint density at radius 1 is 0.574 bits per heavy atom. The molecule has 0 radical (unpaired) electrons. The molecule has 4 aliphatic rings. The number of pyridine rings is 1. The summed E-state index contributed by atoms with van der Waals surface area (Å²) in [6.45, 7) is 19.2. The highest BCUT2D eigenvalue weighted by atomic mass is 16.5. The van der Waals surface area contributed by atoms with Crippen molar-refractivity contribution in [2.75, 3.05) is 0 Å². The SMILES string of the molecule is CC1(C)CC(C)(C)c2c1cc1c(c2-c2ccccc2)Oc2ccnc3c2B1c1cc2c(c(-c4ccccc4)c1O3)C(C)(C)CC2(C)C. The van der Waals surface area contributed by atoms with Crippen molar-refractivity contribution in [3.05, 3.63) is 107 Å². The molecule has 47 heavy (non-hydrogen) atoms. The first-order chi connectivity index (χ1) is 22.3. The number of nitrogens with zero attached hydrogens (tertiary/aromatic N) is 1. The molecule has 9 rings (SSSR count). The highest BCUT2D eigenvalue weighted by molar-refractivity contribution is 6.98. The van der Waals surface area contributed by atoms with Crippen molar-refractivity contribution in [2.24, 2.45) is 0 Å². The number of aromatic nitrogens is 1. The maximum absolute atomic E-state index is 7.07. The van der Waals surface area contributed by atoms with E-state index in [0.717, 1.165) is 35.6 Å². The van der Waals surface area contributed by atoms with E-state index in [1.54, 1.807) is 0 Å². The monoisotopic (exact) mass is 615 g/mol. The van der Waals surface area contributed by atoms with E-state index in [-0.39, 0.29) is 28.4 Å². The standard InChI is InChI=1S/C43H42BNO2/c1-40(2)23-42(5,6)34-27(40)21-29-37(32(34)25-15-11-9-12-16-25)46-31-19-20-45-39-36(31)44(29)30-22-28-35(43(7,8)24-41(28,3)4)33(38(30)47-39)26-17-13-10-14-18-26/h9-22H,23-24H2,1-8H3. The zero-order chi connectivity index (χ0) is 32.7. The molecular weight excluding hydrogens is 573 g/mol. The van der Waals surface area contributed by atoms with Gasteiger partial charge in [0.15, 0.2) is 0 Å². The van der Waals surface area contributed by atoms with E-state index in [2.05, 4.69) is 128 Å². The topological polar surface area (TPSA) is 31.4 Å². The second-order valence-corrected chi connectivity index (χ2v) is 17.0. The molecule has 5 aromatic rings. The molecule has 0 spiro atoms. The van der Waals surface area contributed by atoms with Crippen LogP contribution in [-0.4, -0.2) is 11.7 Å². The molecule has 234 valence electrons. The van der Waals surface area contributed by atoms with Gasteiger partial charge < -0.3 is 9.47 Å². The number of fused-ring (bicyclic) bond motifs is 6. The number of rotatable bonds is 2. The Morgan fingerprint density at radius 2 is 1.04 bits per heavy atom. The molecule has 4 aromatic carbocycles. The second-order valence-electron chi connectivity index (χ2n) is 17.0. The molecule has 0 unspecified atom stereocenters. The van der Waals surface area contributed by atoms with Gasteiger partial charge >= 0.3 is 0 Å². The summed E-state index contributed by atoms with van der Waals surface area (Å²) in [6.07, 6.45) is 4.00. The molecule has 0 amide bonds. The van der Waals surface area contributed by atoms with Crippen LogP contribution in [0.5, 0.6) is 23.1 Å². The predicted molar refractivity (Wildman–Crippen MR) is 194 cm³/mol. The van der Waals surface area contributed by atoms with Gasteiger partial charge in [-0.2, -0.15) is 0 Å². The van der Waals surface area contributed by atoms with Crippen LogP contribution in [0, 0.1) is 0 Å². The predicted octanol–water partition coefficient (Wildman–Crippen LogP) is 9.06. The van der Waals surface area contributed by atoms with E-state index < -0.39 is 0 Å². The van der Waals surface area contributed by atoms with Gasteiger partial charge in [-0.3, -0.25) is 0 Å². The highest BCUT2D eigenvalue weighted by Crippen LogP contribution is 2.57. The second kappa shape index (κ2) is 9.19. The van der Waals surface area contributed by atoms with Crippen LogP contribution in [0.15, 0.2) is 85.1 Å². The first-order valence-corrected chi connectivity index (χ1v) is 17.2. The minimum atomic E-state index is -0.0688. The lowest BCUT2D eigenvalue weighted by Gasteiger charge is -2.37. The fraction of sp³-hybridized carbons (Fsp3) is 0.326. The molecule has 1 aromatic heterocycles. The Morgan fingerprint density at radius 3 is 1.53 bits per heavy atom. The number of ether oxygens (including phenoxy) is 2. The lowest BCUT2D eigenvalue weighted by molar-refractivity contribution is 0.403. The van der Waals surface area contributed by atoms with Crippen molar-refractivity contribution in [3.63, 3.8) is 0 Å². The summed E-state index contributed by atoms with van der Waals surface area (Å²) in [6, 6.07) is 28.8. The van der Waals surface area contributed by atoms with E-state index in [1.807, 2.05) is 12.3 Å². The van der Waals surface area contributed by atoms with E-state index >= 15 is 0 Å². The summed E-state index contributed by atoms with van der Waals surface area (Å²) >= 11 is 0. The molecule has 0 saturated carbocycles. The molecule has 0 atom stereocenters. The van der Waals surface area contributed by atoms with Crippen LogP contribution in [0.1, 0.15) is 90.5 Å². The van der Waals surface area contributed by atoms with E-state index in [1.165, 1.54) is 55.4 Å². The van der Waals surface area contributed by atoms with Crippen molar-refractivity contribution in [2.45, 2.75) is 89.9 Å². The highest BCUT2D eigenvalue weighted by Gasteiger charge is 2.51. The van der Waals surface area contributed by atoms with Gasteiger partial charge in [0.05, 0.1) is 0 Å². The molecule has 2 aliphatic carbocycles. The van der Waals surface area contributed by atoms with Gasteiger partial charge in [0.1, 0.15) is 17.2 Å². The van der Waals surface area contributed by atoms with Gasteiger partial charge in [0.25, 0.3) is 6.71 Å². The quantitative estimate of drug-likeness (QED) is 0.182. The van der Waals surface area contributed by atoms with Crippen LogP contribution in [-0.2, 0) is 21.7 Å².